The van der Waals surface area contributed by atoms with E-state index in [9.17, 15) is 0 Å². The summed E-state index contributed by atoms with van der Waals surface area (Å²) in [6.07, 6.45) is 27.2. The van der Waals surface area contributed by atoms with Crippen molar-refractivity contribution in [3.8, 4) is 0 Å². The molecule has 0 aliphatic heterocycles. The number of benzene rings is 1. The van der Waals surface area contributed by atoms with Crippen LogP contribution in [0, 0.1) is 0 Å². The fourth-order valence-corrected chi connectivity index (χ4v) is 7.47. The fourth-order valence-electron chi connectivity index (χ4n) is 7.47. The Morgan fingerprint density at radius 1 is 0.465 bits per heavy atom. The molecule has 0 unspecified atom stereocenters. The molecule has 1 rings (SSSR count). The lowest BCUT2D eigenvalue weighted by Crippen LogP contribution is -3.00. The van der Waals surface area contributed by atoms with Gasteiger partial charge in [0.15, 0.2) is 0 Å². The summed E-state index contributed by atoms with van der Waals surface area (Å²) in [5.74, 6) is 0. The van der Waals surface area contributed by atoms with E-state index in [-0.39, 0.29) is 29.4 Å². The maximum atomic E-state index is 3.93. The van der Waals surface area contributed by atoms with Gasteiger partial charge in [-0.15, -0.1) is 0 Å². The van der Waals surface area contributed by atoms with E-state index >= 15 is 0 Å². The van der Waals surface area contributed by atoms with Gasteiger partial charge in [-0.05, 0) is 69.8 Å². The average molecular weight is 686 g/mol. The van der Waals surface area contributed by atoms with Crippen LogP contribution >= 0.6 is 0 Å². The Balaban J connectivity index is 0. The minimum Gasteiger partial charge on any atom is -1.00 e. The van der Waals surface area contributed by atoms with Crippen molar-refractivity contribution < 1.29 is 38.4 Å². The van der Waals surface area contributed by atoms with Gasteiger partial charge in [0.1, 0.15) is 6.54 Å². The molecule has 0 saturated heterocycles. The fraction of sp³-hybridized carbons (Fsp3) is 0.795. The lowest BCUT2D eigenvalue weighted by Gasteiger charge is -2.39. The first-order valence-corrected chi connectivity index (χ1v) is 18.4. The van der Waals surface area contributed by atoms with Crippen LogP contribution in [0.5, 0.6) is 0 Å². The maximum Gasteiger partial charge on any atom is 0.104 e. The Hall–Kier alpha value is -0.350. The van der Waals surface area contributed by atoms with Crippen molar-refractivity contribution in [2.24, 2.45) is 0 Å². The SMILES string of the molecule is C=Cc1ccc(C[N+](CCC)(CCC)CCCCCC[N+](CCC)(CCC)CCCCCCCCCCCC)cc1.[Br-].[Cl-]. The number of rotatable bonds is 29. The summed E-state index contributed by atoms with van der Waals surface area (Å²) in [4.78, 5) is 0. The third-order valence-electron chi connectivity index (χ3n) is 9.53. The van der Waals surface area contributed by atoms with E-state index in [4.69, 9.17) is 0 Å². The molecule has 0 amide bonds. The summed E-state index contributed by atoms with van der Waals surface area (Å²) in [6.45, 7) is 26.6. The van der Waals surface area contributed by atoms with Crippen molar-refractivity contribution in [2.75, 3.05) is 45.8 Å². The highest BCUT2D eigenvalue weighted by atomic mass is 79.9. The molecular weight excluding hydrogens is 612 g/mol. The maximum absolute atomic E-state index is 3.93. The Labute approximate surface area is 287 Å². The summed E-state index contributed by atoms with van der Waals surface area (Å²) in [6, 6.07) is 9.15. The average Bonchev–Trinajstić information content (AvgIpc) is 2.97. The first-order valence-electron chi connectivity index (χ1n) is 18.4. The van der Waals surface area contributed by atoms with Gasteiger partial charge in [-0.25, -0.2) is 0 Å². The highest BCUT2D eigenvalue weighted by Crippen LogP contribution is 2.21. The third-order valence-corrected chi connectivity index (χ3v) is 9.53. The number of quaternary nitrogens is 2. The van der Waals surface area contributed by atoms with E-state index in [0.29, 0.717) is 0 Å². The summed E-state index contributed by atoms with van der Waals surface area (Å²) < 4.78 is 2.67. The van der Waals surface area contributed by atoms with Crippen molar-refractivity contribution in [3.63, 3.8) is 0 Å². The highest BCUT2D eigenvalue weighted by molar-refractivity contribution is 5.47. The van der Waals surface area contributed by atoms with Crippen molar-refractivity contribution in [3.05, 3.63) is 42.0 Å². The lowest BCUT2D eigenvalue weighted by molar-refractivity contribution is -0.941. The van der Waals surface area contributed by atoms with Crippen LogP contribution in [0.3, 0.4) is 0 Å². The molecule has 2 nitrogen and oxygen atoms in total. The van der Waals surface area contributed by atoms with E-state index in [2.05, 4.69) is 65.5 Å². The molecule has 1 aromatic rings. The predicted octanol–water partition coefficient (Wildman–Crippen LogP) is 5.59. The number of halogens is 2. The van der Waals surface area contributed by atoms with Crippen molar-refractivity contribution >= 4 is 6.08 Å². The van der Waals surface area contributed by atoms with Crippen LogP contribution in [-0.4, -0.2) is 54.8 Å². The van der Waals surface area contributed by atoms with Gasteiger partial charge >= 0.3 is 0 Å². The highest BCUT2D eigenvalue weighted by Gasteiger charge is 2.27. The molecule has 0 fully saturated rings. The van der Waals surface area contributed by atoms with E-state index in [1.54, 1.807) is 0 Å². The van der Waals surface area contributed by atoms with Crippen LogP contribution in [-0.2, 0) is 6.54 Å². The molecule has 0 saturated carbocycles. The van der Waals surface area contributed by atoms with Gasteiger partial charge in [0.25, 0.3) is 0 Å². The van der Waals surface area contributed by atoms with Crippen LogP contribution in [0.4, 0.5) is 0 Å². The predicted molar refractivity (Wildman–Crippen MR) is 186 cm³/mol. The second-order valence-electron chi connectivity index (χ2n) is 13.4. The molecule has 0 N–H and O–H groups in total. The second kappa shape index (κ2) is 29.1. The molecule has 0 radical (unpaired) electrons. The number of hydrogen-bond acceptors (Lipinski definition) is 0. The smallest absolute Gasteiger partial charge is 0.104 e. The molecule has 43 heavy (non-hydrogen) atoms. The first kappa shape index (κ1) is 44.8. The zero-order valence-corrected chi connectivity index (χ0v) is 32.0. The zero-order valence-electron chi connectivity index (χ0n) is 29.6. The Bertz CT molecular complexity index is 723. The monoisotopic (exact) mass is 684 g/mol. The zero-order chi connectivity index (χ0) is 30.1. The minimum absolute atomic E-state index is 0. The molecule has 0 spiro atoms. The topological polar surface area (TPSA) is 0 Å². The van der Waals surface area contributed by atoms with Crippen LogP contribution < -0.4 is 29.4 Å². The second-order valence-corrected chi connectivity index (χ2v) is 13.4. The lowest BCUT2D eigenvalue weighted by atomic mass is 10.1. The normalized spacial score (nSPS) is 11.7. The number of hydrogen-bond donors (Lipinski definition) is 0. The van der Waals surface area contributed by atoms with E-state index in [1.165, 1.54) is 188 Å². The Kier molecular flexibility index (Phi) is 30.3. The van der Waals surface area contributed by atoms with Gasteiger partial charge in [-0.1, -0.05) is 123 Å². The Morgan fingerprint density at radius 3 is 1.19 bits per heavy atom. The molecular formula is C39H74BrClN2. The molecule has 0 atom stereocenters. The van der Waals surface area contributed by atoms with Crippen LogP contribution in [0.25, 0.3) is 6.08 Å². The Morgan fingerprint density at radius 2 is 0.814 bits per heavy atom. The van der Waals surface area contributed by atoms with Crippen molar-refractivity contribution in [2.45, 2.75) is 157 Å². The summed E-state index contributed by atoms with van der Waals surface area (Å²) in [7, 11) is 0. The summed E-state index contributed by atoms with van der Waals surface area (Å²) >= 11 is 0. The first-order chi connectivity index (χ1) is 20.0. The van der Waals surface area contributed by atoms with Crippen LogP contribution in [0.15, 0.2) is 30.8 Å². The van der Waals surface area contributed by atoms with Crippen molar-refractivity contribution in [1.29, 1.82) is 0 Å². The number of nitrogens with zero attached hydrogens (tertiary/aromatic N) is 2. The largest absolute Gasteiger partial charge is 1.00 e. The van der Waals surface area contributed by atoms with Gasteiger partial charge in [-0.3, -0.25) is 0 Å². The third kappa shape index (κ3) is 20.4. The quantitative estimate of drug-likeness (QED) is 0.0762. The summed E-state index contributed by atoms with van der Waals surface area (Å²) in [5, 5.41) is 0. The van der Waals surface area contributed by atoms with Crippen LogP contribution in [0.1, 0.15) is 161 Å². The van der Waals surface area contributed by atoms with Gasteiger partial charge in [0.05, 0.1) is 45.8 Å². The van der Waals surface area contributed by atoms with Crippen molar-refractivity contribution in [1.82, 2.24) is 0 Å². The molecule has 0 bridgehead atoms. The molecule has 0 aromatic heterocycles. The van der Waals surface area contributed by atoms with E-state index in [1.807, 2.05) is 6.08 Å². The number of unbranched alkanes of at least 4 members (excludes halogenated alkanes) is 12. The van der Waals surface area contributed by atoms with E-state index < -0.39 is 0 Å². The van der Waals surface area contributed by atoms with Crippen LogP contribution in [0.2, 0.25) is 0 Å². The standard InChI is InChI=1S/C39H74N2.BrH.ClH/c1-7-13-14-15-16-17-18-19-20-23-34-40(30-8-2,31-9-3)35-24-21-22-25-36-41(32-10-4,33-11-5)37-39-28-26-38(12-6)27-29-39;;/h12,26-29H,6-11,13-25,30-37H2,1-5H3;2*1H/q+2;;/p-2. The molecule has 4 heteroatoms. The molecule has 254 valence electrons. The molecule has 1 aromatic carbocycles. The molecule has 0 aliphatic carbocycles. The van der Waals surface area contributed by atoms with Gasteiger partial charge in [0, 0.05) is 5.56 Å². The van der Waals surface area contributed by atoms with Gasteiger partial charge in [0.2, 0.25) is 0 Å². The minimum atomic E-state index is 0. The van der Waals surface area contributed by atoms with Gasteiger partial charge < -0.3 is 38.4 Å². The molecule has 0 heterocycles. The van der Waals surface area contributed by atoms with E-state index in [0.717, 1.165) is 0 Å². The summed E-state index contributed by atoms with van der Waals surface area (Å²) in [5.41, 5.74) is 2.72. The molecule has 0 aliphatic rings. The van der Waals surface area contributed by atoms with Gasteiger partial charge in [-0.2, -0.15) is 0 Å².